The number of hydrogen-bond donors (Lipinski definition) is 2. The maximum absolute atomic E-state index is 10.9. The number of nitrogens with one attached hydrogen (secondary N) is 1. The van der Waals surface area contributed by atoms with Gasteiger partial charge in [0, 0.05) is 22.6 Å². The van der Waals surface area contributed by atoms with Crippen LogP contribution in [0.2, 0.25) is 0 Å². The molecule has 1 aliphatic rings. The maximum atomic E-state index is 10.9. The molecule has 70 valence electrons. The summed E-state index contributed by atoms with van der Waals surface area (Å²) in [6.45, 7) is 0. The molecule has 0 radical (unpaired) electrons. The van der Waals surface area contributed by atoms with E-state index in [4.69, 9.17) is 4.55 Å². The molecule has 0 atom stereocenters. The van der Waals surface area contributed by atoms with Crippen LogP contribution in [0.15, 0.2) is 23.1 Å². The monoisotopic (exact) mass is 199 g/mol. The van der Waals surface area contributed by atoms with Crippen LogP contribution in [-0.4, -0.2) is 15.9 Å². The normalized spacial score (nSPS) is 13.2. The molecule has 0 aromatic heterocycles. The predicted octanol–water partition coefficient (Wildman–Crippen LogP) is 0.922. The minimum absolute atomic E-state index is 0. The van der Waals surface area contributed by atoms with Gasteiger partial charge in [0.05, 0.1) is 6.42 Å². The minimum atomic E-state index is 0. The van der Waals surface area contributed by atoms with Gasteiger partial charge >= 0.3 is 0 Å². The topological polar surface area (TPSA) is 80.8 Å². The molecular formula is C8H9NO3S. The third-order valence-electron chi connectivity index (χ3n) is 1.81. The van der Waals surface area contributed by atoms with E-state index in [0.717, 1.165) is 16.1 Å². The van der Waals surface area contributed by atoms with Crippen molar-refractivity contribution in [2.45, 2.75) is 11.3 Å². The lowest BCUT2D eigenvalue weighted by Gasteiger charge is -1.98. The highest BCUT2D eigenvalue weighted by Crippen LogP contribution is 2.26. The molecule has 1 heterocycles. The number of amides is 1. The van der Waals surface area contributed by atoms with Crippen molar-refractivity contribution in [3.63, 3.8) is 0 Å². The molecule has 0 fully saturated rings. The second kappa shape index (κ2) is 3.78. The van der Waals surface area contributed by atoms with E-state index in [-0.39, 0.29) is 11.4 Å². The zero-order valence-electron chi connectivity index (χ0n) is 6.70. The molecule has 2 rings (SSSR count). The van der Waals surface area contributed by atoms with Gasteiger partial charge in [-0.2, -0.15) is 0 Å². The minimum Gasteiger partial charge on any atom is -0.412 e. The molecule has 4 nitrogen and oxygen atoms in total. The average molecular weight is 199 g/mol. The lowest BCUT2D eigenvalue weighted by atomic mass is 10.2. The van der Waals surface area contributed by atoms with Gasteiger partial charge in [-0.1, -0.05) is 0 Å². The Morgan fingerprint density at radius 2 is 2.23 bits per heavy atom. The van der Waals surface area contributed by atoms with Crippen molar-refractivity contribution < 1.29 is 14.8 Å². The van der Waals surface area contributed by atoms with Gasteiger partial charge in [-0.15, -0.1) is 0 Å². The lowest BCUT2D eigenvalue weighted by Crippen LogP contribution is -2.03. The number of fused-ring (bicyclic) bond motifs is 1. The van der Waals surface area contributed by atoms with E-state index in [2.05, 4.69) is 5.32 Å². The van der Waals surface area contributed by atoms with Crippen LogP contribution in [0, 0.1) is 0 Å². The number of rotatable bonds is 1. The molecule has 0 saturated heterocycles. The summed E-state index contributed by atoms with van der Waals surface area (Å²) in [5, 5.41) is 2.72. The van der Waals surface area contributed by atoms with Crippen LogP contribution in [0.5, 0.6) is 0 Å². The summed E-state index contributed by atoms with van der Waals surface area (Å²) in [4.78, 5) is 11.7. The lowest BCUT2D eigenvalue weighted by molar-refractivity contribution is -0.115. The van der Waals surface area contributed by atoms with Crippen LogP contribution in [0.25, 0.3) is 0 Å². The molecule has 0 spiro atoms. The summed E-state index contributed by atoms with van der Waals surface area (Å²) in [6, 6.07) is 5.39. The zero-order chi connectivity index (χ0) is 8.55. The molecule has 1 aliphatic heterocycles. The van der Waals surface area contributed by atoms with Crippen LogP contribution < -0.4 is 5.32 Å². The first-order valence-corrected chi connectivity index (χ1v) is 4.31. The maximum Gasteiger partial charge on any atom is 0.228 e. The number of carbonyl (C=O) groups excluding carboxylic acids is 1. The van der Waals surface area contributed by atoms with Crippen molar-refractivity contribution in [1.82, 2.24) is 0 Å². The quantitative estimate of drug-likeness (QED) is 0.660. The smallest absolute Gasteiger partial charge is 0.228 e. The fraction of sp³-hybridized carbons (Fsp3) is 0.125. The zero-order valence-corrected chi connectivity index (χ0v) is 7.52. The SMILES string of the molecule is O.O=C1Cc2cc(SO)ccc2N1. The molecular weight excluding hydrogens is 190 g/mol. The first kappa shape index (κ1) is 10.0. The summed E-state index contributed by atoms with van der Waals surface area (Å²) < 4.78 is 8.75. The Morgan fingerprint density at radius 3 is 2.92 bits per heavy atom. The van der Waals surface area contributed by atoms with E-state index >= 15 is 0 Å². The van der Waals surface area contributed by atoms with Crippen molar-refractivity contribution >= 4 is 23.6 Å². The molecule has 13 heavy (non-hydrogen) atoms. The summed E-state index contributed by atoms with van der Waals surface area (Å²) in [5.74, 6) is 0.0186. The third-order valence-corrected chi connectivity index (χ3v) is 2.27. The Balaban J connectivity index is 0.000000845. The van der Waals surface area contributed by atoms with Gasteiger partial charge in [0.1, 0.15) is 0 Å². The molecule has 0 unspecified atom stereocenters. The van der Waals surface area contributed by atoms with E-state index in [1.165, 1.54) is 0 Å². The Hall–Kier alpha value is -1.04. The van der Waals surface area contributed by atoms with E-state index in [9.17, 15) is 4.79 Å². The molecule has 1 aromatic carbocycles. The van der Waals surface area contributed by atoms with Gasteiger partial charge in [0.2, 0.25) is 5.91 Å². The summed E-state index contributed by atoms with van der Waals surface area (Å²) in [5.41, 5.74) is 1.82. The van der Waals surface area contributed by atoms with E-state index < -0.39 is 0 Å². The third kappa shape index (κ3) is 1.82. The summed E-state index contributed by atoms with van der Waals surface area (Å²) in [7, 11) is 0. The van der Waals surface area contributed by atoms with Crippen LogP contribution in [0.3, 0.4) is 0 Å². The Morgan fingerprint density at radius 1 is 1.46 bits per heavy atom. The van der Waals surface area contributed by atoms with Gasteiger partial charge in [-0.3, -0.25) is 4.79 Å². The number of benzene rings is 1. The number of anilines is 1. The Labute approximate surface area is 79.5 Å². The Kier molecular flexibility index (Phi) is 2.92. The average Bonchev–Trinajstić information content (AvgIpc) is 2.43. The van der Waals surface area contributed by atoms with E-state index in [1.54, 1.807) is 12.1 Å². The first-order valence-electron chi connectivity index (χ1n) is 3.54. The van der Waals surface area contributed by atoms with Gasteiger partial charge in [0.25, 0.3) is 0 Å². The highest BCUT2D eigenvalue weighted by Gasteiger charge is 2.17. The highest BCUT2D eigenvalue weighted by molar-refractivity contribution is 7.93. The van der Waals surface area contributed by atoms with E-state index in [0.29, 0.717) is 18.5 Å². The molecule has 0 bridgehead atoms. The predicted molar refractivity (Wildman–Crippen MR) is 50.9 cm³/mol. The van der Waals surface area contributed by atoms with Gasteiger partial charge in [0.15, 0.2) is 0 Å². The molecule has 0 saturated carbocycles. The molecule has 1 amide bonds. The van der Waals surface area contributed by atoms with Crippen molar-refractivity contribution in [2.24, 2.45) is 0 Å². The van der Waals surface area contributed by atoms with E-state index in [1.807, 2.05) is 6.07 Å². The second-order valence-electron chi connectivity index (χ2n) is 2.64. The van der Waals surface area contributed by atoms with Crippen molar-refractivity contribution in [3.8, 4) is 0 Å². The Bertz CT molecular complexity index is 340. The number of hydrogen-bond acceptors (Lipinski definition) is 3. The fourth-order valence-electron chi connectivity index (χ4n) is 1.26. The second-order valence-corrected chi connectivity index (χ2v) is 3.29. The first-order chi connectivity index (χ1) is 5.79. The fourth-order valence-corrected chi connectivity index (χ4v) is 1.59. The van der Waals surface area contributed by atoms with Crippen molar-refractivity contribution in [3.05, 3.63) is 23.8 Å². The van der Waals surface area contributed by atoms with Gasteiger partial charge < -0.3 is 15.3 Å². The molecule has 1 aromatic rings. The largest absolute Gasteiger partial charge is 0.412 e. The van der Waals surface area contributed by atoms with Crippen molar-refractivity contribution in [2.75, 3.05) is 5.32 Å². The summed E-state index contributed by atoms with van der Waals surface area (Å²) >= 11 is 0.697. The van der Waals surface area contributed by atoms with Gasteiger partial charge in [-0.25, -0.2) is 0 Å². The molecule has 4 N–H and O–H groups in total. The molecule has 5 heteroatoms. The van der Waals surface area contributed by atoms with Crippen molar-refractivity contribution in [1.29, 1.82) is 0 Å². The molecule has 0 aliphatic carbocycles. The standard InChI is InChI=1S/C8H7NO2S.H2O/c10-8-4-5-3-6(12-11)1-2-7(5)9-8;/h1-3,11H,4H2,(H,9,10);1H2. The van der Waals surface area contributed by atoms with Gasteiger partial charge in [-0.05, 0) is 23.8 Å². The van der Waals surface area contributed by atoms with Crippen LogP contribution >= 0.6 is 12.0 Å². The van der Waals surface area contributed by atoms with Crippen LogP contribution in [-0.2, 0) is 11.2 Å². The number of carbonyl (C=O) groups is 1. The van der Waals surface area contributed by atoms with Crippen LogP contribution in [0.4, 0.5) is 5.69 Å². The summed E-state index contributed by atoms with van der Waals surface area (Å²) in [6.07, 6.45) is 0.420. The van der Waals surface area contributed by atoms with Crippen LogP contribution in [0.1, 0.15) is 5.56 Å². The highest BCUT2D eigenvalue weighted by atomic mass is 32.2.